The van der Waals surface area contributed by atoms with Gasteiger partial charge >= 0.3 is 11.9 Å². The molecule has 0 saturated carbocycles. The van der Waals surface area contributed by atoms with E-state index in [1.54, 1.807) is 6.07 Å². The molecule has 3 aromatic carbocycles. The number of hydrogen-bond acceptors (Lipinski definition) is 4. The number of fused-ring (bicyclic) bond motifs is 1. The van der Waals surface area contributed by atoms with Crippen LogP contribution in [0.4, 0.5) is 4.39 Å². The minimum Gasteiger partial charge on any atom is -0.494 e. The summed E-state index contributed by atoms with van der Waals surface area (Å²) in [4.78, 5) is 22.5. The summed E-state index contributed by atoms with van der Waals surface area (Å²) in [5.41, 5.74) is 4.35. The first-order chi connectivity index (χ1) is 19.8. The van der Waals surface area contributed by atoms with Crippen LogP contribution in [0.1, 0.15) is 47.9 Å². The average Bonchev–Trinajstić information content (AvgIpc) is 3.28. The molecule has 0 aliphatic rings. The molecule has 0 atom stereocenters. The van der Waals surface area contributed by atoms with Crippen LogP contribution < -0.4 is 9.47 Å². The number of hydrogen-bond donors (Lipinski definition) is 2. The first-order valence-electron chi connectivity index (χ1n) is 13.6. The lowest BCUT2D eigenvalue weighted by atomic mass is 10.0. The van der Waals surface area contributed by atoms with Crippen molar-refractivity contribution in [3.05, 3.63) is 94.9 Å². The Bertz CT molecular complexity index is 1520. The van der Waals surface area contributed by atoms with E-state index in [4.69, 9.17) is 14.6 Å². The van der Waals surface area contributed by atoms with E-state index in [1.165, 1.54) is 12.1 Å². The second kappa shape index (κ2) is 14.2. The monoisotopic (exact) mass is 559 g/mol. The molecule has 0 amide bonds. The third-order valence-corrected chi connectivity index (χ3v) is 6.70. The van der Waals surface area contributed by atoms with Crippen molar-refractivity contribution in [1.29, 1.82) is 0 Å². The van der Waals surface area contributed by atoms with E-state index < -0.39 is 11.9 Å². The molecule has 0 fully saturated rings. The van der Waals surface area contributed by atoms with Crippen molar-refractivity contribution in [2.45, 2.75) is 45.6 Å². The minimum atomic E-state index is -0.918. The molecule has 4 rings (SSSR count). The second-order valence-corrected chi connectivity index (χ2v) is 9.87. The summed E-state index contributed by atoms with van der Waals surface area (Å²) in [6.07, 6.45) is 7.74. The third-order valence-electron chi connectivity index (χ3n) is 6.70. The molecule has 41 heavy (non-hydrogen) atoms. The quantitative estimate of drug-likeness (QED) is 0.120. The van der Waals surface area contributed by atoms with E-state index >= 15 is 0 Å². The summed E-state index contributed by atoms with van der Waals surface area (Å²) >= 11 is 0. The number of rotatable bonds is 15. The van der Waals surface area contributed by atoms with Gasteiger partial charge in [-0.2, -0.15) is 0 Å². The highest BCUT2D eigenvalue weighted by atomic mass is 19.1. The molecule has 0 unspecified atom stereocenters. The van der Waals surface area contributed by atoms with Crippen LogP contribution in [0.3, 0.4) is 0 Å². The molecule has 0 aliphatic heterocycles. The van der Waals surface area contributed by atoms with Crippen LogP contribution in [0.5, 0.6) is 11.5 Å². The third kappa shape index (κ3) is 8.45. The summed E-state index contributed by atoms with van der Waals surface area (Å²) in [5.74, 6) is -0.755. The van der Waals surface area contributed by atoms with Gasteiger partial charge in [0.2, 0.25) is 0 Å². The zero-order chi connectivity index (χ0) is 29.2. The fourth-order valence-electron chi connectivity index (χ4n) is 4.66. The van der Waals surface area contributed by atoms with Crippen molar-refractivity contribution in [3.8, 4) is 11.5 Å². The topological polar surface area (TPSA) is 98.0 Å². The first kappa shape index (κ1) is 29.4. The highest BCUT2D eigenvalue weighted by Gasteiger charge is 2.14. The van der Waals surface area contributed by atoms with Crippen LogP contribution in [0.25, 0.3) is 23.1 Å². The highest BCUT2D eigenvalue weighted by molar-refractivity contribution is 5.96. The number of unbranched alkanes of at least 4 members (excludes halogenated alkanes) is 1. The Labute approximate surface area is 238 Å². The molecule has 214 valence electrons. The van der Waals surface area contributed by atoms with Crippen molar-refractivity contribution < 1.29 is 33.7 Å². The van der Waals surface area contributed by atoms with Gasteiger partial charge in [-0.3, -0.25) is 9.59 Å². The molecule has 0 spiro atoms. The molecule has 1 heterocycles. The Hall–Kier alpha value is -4.59. The standard InChI is InChI=1S/C33H34FNO6/c1-23-9-14-27(34)21-30(23)41-19-3-2-18-40-28-15-11-24(12-16-28)10-13-25-6-4-7-29-33(25)26(20-32(38)39)22-35(29)17-5-8-31(36)37/h4,6-7,9-16,21-22H,2-3,5,8,17-20H2,1H3,(H,36,37)(H,38,39)/b13-10+. The fraction of sp³-hybridized carbons (Fsp3) is 0.273. The Balaban J connectivity index is 1.34. The van der Waals surface area contributed by atoms with E-state index in [-0.39, 0.29) is 18.7 Å². The maximum absolute atomic E-state index is 13.4. The van der Waals surface area contributed by atoms with Gasteiger partial charge in [-0.05, 0) is 72.7 Å². The number of carboxylic acid groups (broad SMARTS) is 2. The summed E-state index contributed by atoms with van der Waals surface area (Å²) in [6, 6.07) is 18.0. The van der Waals surface area contributed by atoms with Crippen molar-refractivity contribution in [1.82, 2.24) is 4.57 Å². The Kier molecular flexibility index (Phi) is 10.2. The SMILES string of the molecule is Cc1ccc(F)cc1OCCCCOc1ccc(/C=C/c2cccc3c2c(CC(=O)O)cn3CCCC(=O)O)cc1. The van der Waals surface area contributed by atoms with Crippen LogP contribution in [-0.4, -0.2) is 39.9 Å². The van der Waals surface area contributed by atoms with Gasteiger partial charge in [0, 0.05) is 36.1 Å². The number of nitrogens with zero attached hydrogens (tertiary/aromatic N) is 1. The van der Waals surface area contributed by atoms with Crippen molar-refractivity contribution >= 4 is 35.0 Å². The maximum atomic E-state index is 13.4. The largest absolute Gasteiger partial charge is 0.494 e. The molecule has 8 heteroatoms. The molecule has 1 aromatic heterocycles. The Morgan fingerprint density at radius 3 is 2.39 bits per heavy atom. The zero-order valence-corrected chi connectivity index (χ0v) is 23.0. The predicted octanol–water partition coefficient (Wildman–Crippen LogP) is 6.99. The number of aliphatic carboxylic acids is 2. The van der Waals surface area contributed by atoms with Crippen LogP contribution in [0, 0.1) is 12.7 Å². The number of aromatic nitrogens is 1. The molecule has 4 aromatic rings. The number of carboxylic acids is 2. The lowest BCUT2D eigenvalue weighted by molar-refractivity contribution is -0.137. The van der Waals surface area contributed by atoms with Gasteiger partial charge in [-0.15, -0.1) is 0 Å². The lowest BCUT2D eigenvalue weighted by Gasteiger charge is -2.10. The minimum absolute atomic E-state index is 0.0535. The summed E-state index contributed by atoms with van der Waals surface area (Å²) in [7, 11) is 0. The fourth-order valence-corrected chi connectivity index (χ4v) is 4.66. The zero-order valence-electron chi connectivity index (χ0n) is 23.0. The molecule has 0 saturated heterocycles. The summed E-state index contributed by atoms with van der Waals surface area (Å²) in [6.45, 7) is 3.41. The molecular formula is C33H34FNO6. The maximum Gasteiger partial charge on any atom is 0.307 e. The van der Waals surface area contributed by atoms with Crippen molar-refractivity contribution in [3.63, 3.8) is 0 Å². The van der Waals surface area contributed by atoms with Gasteiger partial charge in [0.1, 0.15) is 17.3 Å². The van der Waals surface area contributed by atoms with E-state index in [0.29, 0.717) is 37.5 Å². The molecule has 2 N–H and O–H groups in total. The van der Waals surface area contributed by atoms with E-state index in [2.05, 4.69) is 0 Å². The van der Waals surface area contributed by atoms with E-state index in [1.807, 2.05) is 72.3 Å². The van der Waals surface area contributed by atoms with Gasteiger partial charge in [-0.25, -0.2) is 4.39 Å². The predicted molar refractivity (Wildman–Crippen MR) is 157 cm³/mol. The van der Waals surface area contributed by atoms with Gasteiger partial charge in [0.25, 0.3) is 0 Å². The smallest absolute Gasteiger partial charge is 0.307 e. The van der Waals surface area contributed by atoms with Gasteiger partial charge in [-0.1, -0.05) is 42.5 Å². The van der Waals surface area contributed by atoms with Gasteiger partial charge < -0.3 is 24.3 Å². The van der Waals surface area contributed by atoms with Crippen molar-refractivity contribution in [2.24, 2.45) is 0 Å². The van der Waals surface area contributed by atoms with Gasteiger partial charge in [0.05, 0.1) is 19.6 Å². The van der Waals surface area contributed by atoms with E-state index in [9.17, 15) is 19.1 Å². The Morgan fingerprint density at radius 2 is 1.66 bits per heavy atom. The summed E-state index contributed by atoms with van der Waals surface area (Å²) < 4.78 is 26.8. The van der Waals surface area contributed by atoms with Gasteiger partial charge in [0.15, 0.2) is 0 Å². The molecular weight excluding hydrogens is 525 g/mol. The molecule has 0 aliphatic carbocycles. The number of carbonyl (C=O) groups is 2. The number of benzene rings is 3. The normalized spacial score (nSPS) is 11.3. The second-order valence-electron chi connectivity index (χ2n) is 9.87. The average molecular weight is 560 g/mol. The van der Waals surface area contributed by atoms with Crippen LogP contribution >= 0.6 is 0 Å². The molecule has 0 bridgehead atoms. The number of aryl methyl sites for hydroxylation is 2. The van der Waals surface area contributed by atoms with Crippen LogP contribution in [0.2, 0.25) is 0 Å². The molecule has 0 radical (unpaired) electrons. The number of ether oxygens (including phenoxy) is 2. The highest BCUT2D eigenvalue weighted by Crippen LogP contribution is 2.28. The van der Waals surface area contributed by atoms with Crippen molar-refractivity contribution in [2.75, 3.05) is 13.2 Å². The lowest BCUT2D eigenvalue weighted by Crippen LogP contribution is -2.03. The Morgan fingerprint density at radius 1 is 0.902 bits per heavy atom. The summed E-state index contributed by atoms with van der Waals surface area (Å²) in [5, 5.41) is 19.3. The first-order valence-corrected chi connectivity index (χ1v) is 13.6. The van der Waals surface area contributed by atoms with Crippen LogP contribution in [-0.2, 0) is 22.6 Å². The number of halogens is 1. The van der Waals surface area contributed by atoms with E-state index in [0.717, 1.165) is 46.2 Å². The molecule has 7 nitrogen and oxygen atoms in total. The van der Waals surface area contributed by atoms with Crippen LogP contribution in [0.15, 0.2) is 66.9 Å².